The molecule has 0 N–H and O–H groups in total. The number of fused-ring (bicyclic) bond motifs is 1. The van der Waals surface area contributed by atoms with Crippen LogP contribution in [0.1, 0.15) is 74.9 Å². The van der Waals surface area contributed by atoms with Crippen LogP contribution in [0.5, 0.6) is 0 Å². The molecule has 0 spiro atoms. The molecule has 0 saturated heterocycles. The quantitative estimate of drug-likeness (QED) is 0.174. The molecule has 2 heteroatoms. The van der Waals surface area contributed by atoms with Gasteiger partial charge in [0, 0.05) is 33.3 Å². The lowest BCUT2D eigenvalue weighted by atomic mass is 9.60. The molecule has 0 unspecified atom stereocenters. The molecule has 2 nitrogen and oxygen atoms in total. The fraction of sp³-hybridized carbons (Fsp3) is 0.164. The highest BCUT2D eigenvalue weighted by Gasteiger charge is 2.52. The van der Waals surface area contributed by atoms with Gasteiger partial charge in [0.15, 0.2) is 0 Å². The topological polar surface area (TPSA) is 6.48 Å². The molecule has 0 fully saturated rings. The Morgan fingerprint density at radius 2 is 0.719 bits per heavy atom. The molecule has 8 aromatic carbocycles. The predicted octanol–water partition coefficient (Wildman–Crippen LogP) is 15.0. The summed E-state index contributed by atoms with van der Waals surface area (Å²) in [5.41, 5.74) is 20.3. The SMILES string of the molecule is CC1(C)c2cccc3c2N2c4c1cc(-c1ccc(N(c5ccccc5)c5ccccc5)cc1)cc4C(C)(C)c1cc(-c4ccc5ccccc5c4)cc(c12)C3(C)C. The van der Waals surface area contributed by atoms with E-state index in [0.717, 1.165) is 17.1 Å². The molecule has 0 radical (unpaired) electrons. The Balaban J connectivity index is 1.12. The van der Waals surface area contributed by atoms with E-state index in [4.69, 9.17) is 0 Å². The summed E-state index contributed by atoms with van der Waals surface area (Å²) < 4.78 is 0. The van der Waals surface area contributed by atoms with Gasteiger partial charge in [-0.25, -0.2) is 0 Å². The minimum absolute atomic E-state index is 0.185. The molecule has 11 rings (SSSR count). The molecule has 3 aliphatic heterocycles. The number of anilines is 6. The molecule has 0 aromatic heterocycles. The van der Waals surface area contributed by atoms with E-state index in [2.05, 4.69) is 221 Å². The second kappa shape index (κ2) is 11.8. The van der Waals surface area contributed by atoms with E-state index in [0.29, 0.717) is 0 Å². The smallest absolute Gasteiger partial charge is 0.0544 e. The zero-order chi connectivity index (χ0) is 38.8. The first-order valence-corrected chi connectivity index (χ1v) is 20.4. The third kappa shape index (κ3) is 4.77. The Hall–Kier alpha value is -6.38. The van der Waals surface area contributed by atoms with E-state index in [-0.39, 0.29) is 16.2 Å². The van der Waals surface area contributed by atoms with Gasteiger partial charge in [-0.3, -0.25) is 0 Å². The first kappa shape index (κ1) is 33.9. The Morgan fingerprint density at radius 1 is 0.316 bits per heavy atom. The molecule has 0 bridgehead atoms. The van der Waals surface area contributed by atoms with Crippen molar-refractivity contribution in [2.45, 2.75) is 57.8 Å². The monoisotopic (exact) mass is 734 g/mol. The van der Waals surface area contributed by atoms with Gasteiger partial charge in [-0.1, -0.05) is 145 Å². The van der Waals surface area contributed by atoms with Gasteiger partial charge in [-0.2, -0.15) is 0 Å². The van der Waals surface area contributed by atoms with Gasteiger partial charge < -0.3 is 9.80 Å². The van der Waals surface area contributed by atoms with Crippen molar-refractivity contribution < 1.29 is 0 Å². The predicted molar refractivity (Wildman–Crippen MR) is 241 cm³/mol. The van der Waals surface area contributed by atoms with Gasteiger partial charge in [-0.05, 0) is 133 Å². The summed E-state index contributed by atoms with van der Waals surface area (Å²) in [5.74, 6) is 0. The summed E-state index contributed by atoms with van der Waals surface area (Å²) in [6.45, 7) is 14.7. The van der Waals surface area contributed by atoms with Crippen LogP contribution in [0.15, 0.2) is 170 Å². The molecule has 0 amide bonds. The van der Waals surface area contributed by atoms with Gasteiger partial charge in [0.1, 0.15) is 0 Å². The van der Waals surface area contributed by atoms with Crippen LogP contribution in [0, 0.1) is 0 Å². The molecule has 276 valence electrons. The Kier molecular flexibility index (Phi) is 7.03. The number of benzene rings is 8. The molecular weight excluding hydrogens is 689 g/mol. The van der Waals surface area contributed by atoms with Crippen LogP contribution >= 0.6 is 0 Å². The van der Waals surface area contributed by atoms with E-state index >= 15 is 0 Å². The number of nitrogens with zero attached hydrogens (tertiary/aromatic N) is 2. The first-order valence-electron chi connectivity index (χ1n) is 20.4. The minimum atomic E-state index is -0.263. The largest absolute Gasteiger partial charge is 0.311 e. The highest BCUT2D eigenvalue weighted by Crippen LogP contribution is 2.67. The lowest BCUT2D eigenvalue weighted by Gasteiger charge is -2.55. The standard InChI is InChI=1S/C55H46N2/c1-53(2)44-22-15-23-45-50(44)57-51-46(53)31-39(36-26-28-43(29-27-36)56(41-18-9-7-10-19-41)42-20-11-8-12-21-42)32-48(51)55(5,6)49-34-40(33-47(52(49)57)54(45,3)4)38-25-24-35-16-13-14-17-37(35)30-38/h7-34H,1-6H3. The van der Waals surface area contributed by atoms with Crippen molar-refractivity contribution in [3.8, 4) is 22.3 Å². The summed E-state index contributed by atoms with van der Waals surface area (Å²) >= 11 is 0. The number of para-hydroxylation sites is 3. The summed E-state index contributed by atoms with van der Waals surface area (Å²) in [5, 5.41) is 2.54. The molecule has 8 aromatic rings. The third-order valence-electron chi connectivity index (χ3n) is 13.5. The van der Waals surface area contributed by atoms with Crippen LogP contribution in [0.2, 0.25) is 0 Å². The Labute approximate surface area is 336 Å². The average molecular weight is 735 g/mol. The second-order valence-electron chi connectivity index (χ2n) is 17.9. The molecule has 0 atom stereocenters. The van der Waals surface area contributed by atoms with Crippen LogP contribution in [-0.2, 0) is 16.2 Å². The summed E-state index contributed by atoms with van der Waals surface area (Å²) in [7, 11) is 0. The lowest BCUT2D eigenvalue weighted by molar-refractivity contribution is 0.567. The maximum Gasteiger partial charge on any atom is 0.0544 e. The zero-order valence-electron chi connectivity index (χ0n) is 33.6. The van der Waals surface area contributed by atoms with Crippen molar-refractivity contribution in [3.05, 3.63) is 203 Å². The highest BCUT2D eigenvalue weighted by atomic mass is 15.2. The van der Waals surface area contributed by atoms with Crippen molar-refractivity contribution in [2.75, 3.05) is 9.80 Å². The second-order valence-corrected chi connectivity index (χ2v) is 17.9. The lowest BCUT2D eigenvalue weighted by Crippen LogP contribution is -2.43. The van der Waals surface area contributed by atoms with Crippen LogP contribution < -0.4 is 9.80 Å². The van der Waals surface area contributed by atoms with Crippen LogP contribution in [0.3, 0.4) is 0 Å². The first-order chi connectivity index (χ1) is 27.5. The zero-order valence-corrected chi connectivity index (χ0v) is 33.6. The van der Waals surface area contributed by atoms with Crippen LogP contribution in [-0.4, -0.2) is 0 Å². The van der Waals surface area contributed by atoms with Crippen molar-refractivity contribution in [3.63, 3.8) is 0 Å². The van der Waals surface area contributed by atoms with Crippen LogP contribution in [0.25, 0.3) is 33.0 Å². The Bertz CT molecular complexity index is 2880. The van der Waals surface area contributed by atoms with E-state index in [1.165, 1.54) is 83.5 Å². The average Bonchev–Trinajstić information content (AvgIpc) is 3.23. The number of hydrogen-bond acceptors (Lipinski definition) is 2. The minimum Gasteiger partial charge on any atom is -0.311 e. The maximum absolute atomic E-state index is 2.68. The summed E-state index contributed by atoms with van der Waals surface area (Å²) in [4.78, 5) is 5.01. The normalized spacial score (nSPS) is 15.9. The molecular formula is C55H46N2. The Morgan fingerprint density at radius 3 is 1.25 bits per heavy atom. The highest BCUT2D eigenvalue weighted by molar-refractivity contribution is 6.00. The van der Waals surface area contributed by atoms with Gasteiger partial charge >= 0.3 is 0 Å². The van der Waals surface area contributed by atoms with Crippen LogP contribution in [0.4, 0.5) is 34.1 Å². The van der Waals surface area contributed by atoms with E-state index in [1.54, 1.807) is 0 Å². The fourth-order valence-electron chi connectivity index (χ4n) is 10.3. The van der Waals surface area contributed by atoms with E-state index in [9.17, 15) is 0 Å². The van der Waals surface area contributed by atoms with Gasteiger partial charge in [0.2, 0.25) is 0 Å². The van der Waals surface area contributed by atoms with Crippen molar-refractivity contribution in [2.24, 2.45) is 0 Å². The number of hydrogen-bond donors (Lipinski definition) is 0. The molecule has 3 heterocycles. The van der Waals surface area contributed by atoms with Crippen molar-refractivity contribution >= 4 is 44.9 Å². The number of rotatable bonds is 5. The third-order valence-corrected chi connectivity index (χ3v) is 13.5. The maximum atomic E-state index is 2.68. The van der Waals surface area contributed by atoms with Crippen molar-refractivity contribution in [1.82, 2.24) is 0 Å². The molecule has 0 saturated carbocycles. The van der Waals surface area contributed by atoms with E-state index in [1.807, 2.05) is 0 Å². The van der Waals surface area contributed by atoms with Gasteiger partial charge in [-0.15, -0.1) is 0 Å². The molecule has 3 aliphatic rings. The summed E-state index contributed by atoms with van der Waals surface area (Å²) in [6.07, 6.45) is 0. The van der Waals surface area contributed by atoms with Gasteiger partial charge in [0.25, 0.3) is 0 Å². The van der Waals surface area contributed by atoms with Gasteiger partial charge in [0.05, 0.1) is 17.1 Å². The van der Waals surface area contributed by atoms with E-state index < -0.39 is 0 Å². The van der Waals surface area contributed by atoms with Crippen molar-refractivity contribution in [1.29, 1.82) is 0 Å². The fourth-order valence-corrected chi connectivity index (χ4v) is 10.3. The summed E-state index contributed by atoms with van der Waals surface area (Å²) in [6, 6.07) is 63.2. The molecule has 0 aliphatic carbocycles. The molecule has 57 heavy (non-hydrogen) atoms.